The third-order valence-corrected chi connectivity index (χ3v) is 6.70. The summed E-state index contributed by atoms with van der Waals surface area (Å²) in [6, 6.07) is -0.0207. The Morgan fingerprint density at radius 2 is 2.05 bits per heavy atom. The SMILES string of the molecule is C[Si](C)(C)CCS(=O)(=O)N[C@@H]1C=C[C@H]2OC(=O)N[C@@H]12. The normalized spacial score (nSPS) is 30.1. The zero-order chi connectivity index (χ0) is 14.3. The molecule has 2 aliphatic rings. The number of rotatable bonds is 5. The number of carbonyl (C=O) groups excluding carboxylic acids is 1. The molecule has 0 bridgehead atoms. The van der Waals surface area contributed by atoms with Gasteiger partial charge in [-0.3, -0.25) is 0 Å². The summed E-state index contributed by atoms with van der Waals surface area (Å²) in [5.41, 5.74) is 0. The summed E-state index contributed by atoms with van der Waals surface area (Å²) in [6.45, 7) is 6.41. The molecular weight excluding hydrogens is 284 g/mol. The van der Waals surface area contributed by atoms with Gasteiger partial charge in [0, 0.05) is 8.07 Å². The van der Waals surface area contributed by atoms with Gasteiger partial charge in [0.2, 0.25) is 10.0 Å². The van der Waals surface area contributed by atoms with Gasteiger partial charge in [-0.05, 0) is 12.1 Å². The standard InChI is InChI=1S/C11H20N2O4SSi/c1-19(2,3)7-6-18(15,16)13-8-4-5-9-10(8)12-11(14)17-9/h4-5,8-10,13H,6-7H2,1-3H3,(H,12,14)/t8-,9-,10+/m1/s1. The molecule has 1 aliphatic carbocycles. The highest BCUT2D eigenvalue weighted by Gasteiger charge is 2.42. The quantitative estimate of drug-likeness (QED) is 0.577. The Kier molecular flexibility index (Phi) is 3.76. The second-order valence-corrected chi connectivity index (χ2v) is 13.7. The number of ether oxygens (including phenoxy) is 1. The predicted molar refractivity (Wildman–Crippen MR) is 75.2 cm³/mol. The van der Waals surface area contributed by atoms with Gasteiger partial charge in [-0.2, -0.15) is 0 Å². The highest BCUT2D eigenvalue weighted by atomic mass is 32.2. The molecule has 0 aromatic rings. The second kappa shape index (κ2) is 4.91. The van der Waals surface area contributed by atoms with Gasteiger partial charge in [-0.15, -0.1) is 0 Å². The monoisotopic (exact) mass is 304 g/mol. The molecule has 0 unspecified atom stereocenters. The van der Waals surface area contributed by atoms with E-state index in [0.29, 0.717) is 0 Å². The van der Waals surface area contributed by atoms with Crippen LogP contribution in [0.1, 0.15) is 0 Å². The molecule has 1 heterocycles. The Morgan fingerprint density at radius 3 is 2.68 bits per heavy atom. The van der Waals surface area contributed by atoms with Crippen LogP contribution in [-0.2, 0) is 14.8 Å². The van der Waals surface area contributed by atoms with Gasteiger partial charge < -0.3 is 10.1 Å². The fraction of sp³-hybridized carbons (Fsp3) is 0.727. The summed E-state index contributed by atoms with van der Waals surface area (Å²) in [6.07, 6.45) is 2.59. The zero-order valence-electron chi connectivity index (χ0n) is 11.3. The Balaban J connectivity index is 1.94. The lowest BCUT2D eigenvalue weighted by atomic mass is 10.1. The Hall–Kier alpha value is -0.863. The van der Waals surface area contributed by atoms with Crippen LogP contribution in [0.25, 0.3) is 0 Å². The van der Waals surface area contributed by atoms with E-state index in [9.17, 15) is 13.2 Å². The Morgan fingerprint density at radius 1 is 1.37 bits per heavy atom. The van der Waals surface area contributed by atoms with Gasteiger partial charge in [0.25, 0.3) is 0 Å². The van der Waals surface area contributed by atoms with Gasteiger partial charge in [0.05, 0.1) is 17.8 Å². The van der Waals surface area contributed by atoms with Crippen LogP contribution in [0.4, 0.5) is 4.79 Å². The van der Waals surface area contributed by atoms with Crippen molar-refractivity contribution in [2.75, 3.05) is 5.75 Å². The molecule has 6 nitrogen and oxygen atoms in total. The van der Waals surface area contributed by atoms with Crippen molar-refractivity contribution in [1.82, 2.24) is 10.0 Å². The molecule has 8 heteroatoms. The van der Waals surface area contributed by atoms with Crippen molar-refractivity contribution >= 4 is 24.2 Å². The Labute approximate surface area is 114 Å². The minimum Gasteiger partial charge on any atom is -0.440 e. The number of carbonyl (C=O) groups is 1. The van der Waals surface area contributed by atoms with Crippen LogP contribution in [0.5, 0.6) is 0 Å². The van der Waals surface area contributed by atoms with Gasteiger partial charge in [-0.25, -0.2) is 17.9 Å². The number of hydrogen-bond acceptors (Lipinski definition) is 4. The first-order valence-electron chi connectivity index (χ1n) is 6.32. The van der Waals surface area contributed by atoms with Crippen molar-refractivity contribution in [3.8, 4) is 0 Å². The molecule has 19 heavy (non-hydrogen) atoms. The van der Waals surface area contributed by atoms with E-state index in [2.05, 4.69) is 29.7 Å². The third-order valence-electron chi connectivity index (χ3n) is 3.21. The van der Waals surface area contributed by atoms with Crippen molar-refractivity contribution in [1.29, 1.82) is 0 Å². The number of alkyl carbamates (subject to hydrolysis) is 1. The molecule has 1 saturated heterocycles. The minimum absolute atomic E-state index is 0.138. The molecule has 1 fully saturated rings. The predicted octanol–water partition coefficient (Wildman–Crippen LogP) is 0.659. The number of amides is 1. The summed E-state index contributed by atoms with van der Waals surface area (Å²) in [4.78, 5) is 11.1. The molecule has 0 radical (unpaired) electrons. The van der Waals surface area contributed by atoms with Crippen molar-refractivity contribution < 1.29 is 17.9 Å². The van der Waals surface area contributed by atoms with E-state index in [1.807, 2.05) is 0 Å². The molecule has 2 rings (SSSR count). The molecule has 1 aliphatic heterocycles. The summed E-state index contributed by atoms with van der Waals surface area (Å²) in [7, 11) is -4.72. The smallest absolute Gasteiger partial charge is 0.408 e. The van der Waals surface area contributed by atoms with Crippen molar-refractivity contribution in [3.63, 3.8) is 0 Å². The molecule has 0 spiro atoms. The van der Waals surface area contributed by atoms with E-state index in [1.54, 1.807) is 12.2 Å². The van der Waals surface area contributed by atoms with Crippen LogP contribution in [0.15, 0.2) is 12.2 Å². The van der Waals surface area contributed by atoms with E-state index < -0.39 is 30.2 Å². The van der Waals surface area contributed by atoms with Crippen molar-refractivity contribution in [3.05, 3.63) is 12.2 Å². The highest BCUT2D eigenvalue weighted by molar-refractivity contribution is 7.89. The van der Waals surface area contributed by atoms with Crippen LogP contribution in [0.2, 0.25) is 25.7 Å². The number of sulfonamides is 1. The Bertz CT molecular complexity index is 497. The lowest BCUT2D eigenvalue weighted by molar-refractivity contribution is 0.155. The van der Waals surface area contributed by atoms with Crippen molar-refractivity contribution in [2.24, 2.45) is 0 Å². The first kappa shape index (κ1) is 14.5. The number of hydrogen-bond donors (Lipinski definition) is 2. The van der Waals surface area contributed by atoms with Gasteiger partial charge >= 0.3 is 6.09 Å². The molecule has 0 aromatic heterocycles. The lowest BCUT2D eigenvalue weighted by Crippen LogP contribution is -2.48. The summed E-state index contributed by atoms with van der Waals surface area (Å²) >= 11 is 0. The molecule has 0 saturated carbocycles. The van der Waals surface area contributed by atoms with E-state index >= 15 is 0 Å². The van der Waals surface area contributed by atoms with Gasteiger partial charge in [-0.1, -0.05) is 25.7 Å². The molecular formula is C11H20N2O4SSi. The van der Waals surface area contributed by atoms with Crippen LogP contribution in [-0.4, -0.2) is 46.5 Å². The molecule has 108 valence electrons. The van der Waals surface area contributed by atoms with E-state index in [0.717, 1.165) is 6.04 Å². The average molecular weight is 304 g/mol. The molecule has 3 atom stereocenters. The highest BCUT2D eigenvalue weighted by Crippen LogP contribution is 2.21. The van der Waals surface area contributed by atoms with Gasteiger partial charge in [0.1, 0.15) is 6.10 Å². The fourth-order valence-corrected chi connectivity index (χ4v) is 6.35. The summed E-state index contributed by atoms with van der Waals surface area (Å²) in [5.74, 6) is 0.138. The first-order valence-corrected chi connectivity index (χ1v) is 11.7. The third kappa shape index (κ3) is 3.80. The average Bonchev–Trinajstić information content (AvgIpc) is 2.76. The molecule has 2 N–H and O–H groups in total. The largest absolute Gasteiger partial charge is 0.440 e. The van der Waals surface area contributed by atoms with Crippen LogP contribution in [0.3, 0.4) is 0 Å². The van der Waals surface area contributed by atoms with E-state index in [-0.39, 0.29) is 17.9 Å². The maximum atomic E-state index is 12.0. The summed E-state index contributed by atoms with van der Waals surface area (Å²) in [5, 5.41) is 2.62. The maximum Gasteiger partial charge on any atom is 0.408 e. The van der Waals surface area contributed by atoms with Crippen LogP contribution >= 0.6 is 0 Å². The van der Waals surface area contributed by atoms with Crippen LogP contribution in [0, 0.1) is 0 Å². The maximum absolute atomic E-state index is 12.0. The number of fused-ring (bicyclic) bond motifs is 1. The molecule has 0 aromatic carbocycles. The molecule has 1 amide bonds. The van der Waals surface area contributed by atoms with Crippen molar-refractivity contribution in [2.45, 2.75) is 43.9 Å². The first-order chi connectivity index (χ1) is 8.66. The van der Waals surface area contributed by atoms with E-state index in [1.165, 1.54) is 0 Å². The second-order valence-electron chi connectivity index (χ2n) is 6.20. The topological polar surface area (TPSA) is 84.5 Å². The van der Waals surface area contributed by atoms with Gasteiger partial charge in [0.15, 0.2) is 0 Å². The lowest BCUT2D eigenvalue weighted by Gasteiger charge is -2.20. The zero-order valence-corrected chi connectivity index (χ0v) is 13.2. The van der Waals surface area contributed by atoms with Crippen LogP contribution < -0.4 is 10.0 Å². The van der Waals surface area contributed by atoms with E-state index in [4.69, 9.17) is 4.74 Å². The number of nitrogens with one attached hydrogen (secondary N) is 2. The minimum atomic E-state index is -3.33. The fourth-order valence-electron chi connectivity index (χ4n) is 2.07. The summed E-state index contributed by atoms with van der Waals surface area (Å²) < 4.78 is 31.7.